The van der Waals surface area contributed by atoms with E-state index in [9.17, 15) is 14.7 Å². The number of hydrogen-bond donors (Lipinski definition) is 1. The third-order valence-corrected chi connectivity index (χ3v) is 5.37. The van der Waals surface area contributed by atoms with Crippen molar-refractivity contribution in [1.29, 1.82) is 0 Å². The van der Waals surface area contributed by atoms with Crippen molar-refractivity contribution in [2.24, 2.45) is 18.9 Å². The van der Waals surface area contributed by atoms with Gasteiger partial charge in [-0.15, -0.1) is 0 Å². The van der Waals surface area contributed by atoms with Crippen molar-refractivity contribution in [3.63, 3.8) is 0 Å². The summed E-state index contributed by atoms with van der Waals surface area (Å²) in [5.74, 6) is 0.415. The molecule has 6 nitrogen and oxygen atoms in total. The van der Waals surface area contributed by atoms with Crippen LogP contribution in [-0.4, -0.2) is 64.7 Å². The number of aliphatic hydroxyl groups is 1. The van der Waals surface area contributed by atoms with E-state index in [0.717, 1.165) is 19.6 Å². The molecular formula is C18H27N3O3. The highest BCUT2D eigenvalue weighted by molar-refractivity contribution is 5.94. The summed E-state index contributed by atoms with van der Waals surface area (Å²) in [5, 5.41) is 9.71. The molecule has 1 N–H and O–H groups in total. The van der Waals surface area contributed by atoms with E-state index < -0.39 is 0 Å². The fraction of sp³-hybridized carbons (Fsp3) is 0.667. The highest BCUT2D eigenvalue weighted by Crippen LogP contribution is 2.26. The Balaban J connectivity index is 1.67. The summed E-state index contributed by atoms with van der Waals surface area (Å²) in [7, 11) is 1.65. The van der Waals surface area contributed by atoms with Crippen LogP contribution in [0.1, 0.15) is 29.6 Å². The summed E-state index contributed by atoms with van der Waals surface area (Å²) >= 11 is 0. The minimum Gasteiger partial charge on any atom is -0.396 e. The van der Waals surface area contributed by atoms with Gasteiger partial charge in [0.25, 0.3) is 5.91 Å². The van der Waals surface area contributed by atoms with Crippen LogP contribution in [0.25, 0.3) is 0 Å². The Morgan fingerprint density at radius 1 is 1.17 bits per heavy atom. The van der Waals surface area contributed by atoms with Gasteiger partial charge >= 0.3 is 0 Å². The molecule has 1 aromatic rings. The molecular weight excluding hydrogens is 306 g/mol. The lowest BCUT2D eigenvalue weighted by Gasteiger charge is -2.30. The summed E-state index contributed by atoms with van der Waals surface area (Å²) in [6.07, 6.45) is 5.40. The molecule has 1 aromatic heterocycles. The summed E-state index contributed by atoms with van der Waals surface area (Å²) in [6, 6.07) is 3.02. The van der Waals surface area contributed by atoms with Crippen LogP contribution < -0.4 is 5.56 Å². The molecule has 0 saturated carbocycles. The van der Waals surface area contributed by atoms with E-state index in [1.165, 1.54) is 29.9 Å². The molecule has 2 saturated heterocycles. The van der Waals surface area contributed by atoms with Gasteiger partial charge in [-0.05, 0) is 37.9 Å². The minimum absolute atomic E-state index is 0.0507. The largest absolute Gasteiger partial charge is 0.396 e. The first-order valence-electron chi connectivity index (χ1n) is 8.87. The molecule has 6 heteroatoms. The average Bonchev–Trinajstić information content (AvgIpc) is 3.00. The molecule has 0 aliphatic carbocycles. The molecule has 3 rings (SSSR count). The first-order chi connectivity index (χ1) is 11.6. The van der Waals surface area contributed by atoms with Gasteiger partial charge < -0.3 is 19.5 Å². The second kappa shape index (κ2) is 7.49. The first-order valence-corrected chi connectivity index (χ1v) is 8.87. The van der Waals surface area contributed by atoms with Crippen LogP contribution in [0, 0.1) is 11.8 Å². The van der Waals surface area contributed by atoms with E-state index >= 15 is 0 Å². The number of nitrogens with zero attached hydrogens (tertiary/aromatic N) is 3. The van der Waals surface area contributed by atoms with Gasteiger partial charge in [-0.3, -0.25) is 9.59 Å². The van der Waals surface area contributed by atoms with E-state index in [-0.39, 0.29) is 24.0 Å². The topological polar surface area (TPSA) is 65.8 Å². The van der Waals surface area contributed by atoms with Gasteiger partial charge in [0.2, 0.25) is 5.56 Å². The Kier molecular flexibility index (Phi) is 5.36. The monoisotopic (exact) mass is 333 g/mol. The van der Waals surface area contributed by atoms with Gasteiger partial charge in [0.15, 0.2) is 0 Å². The number of pyridine rings is 1. The van der Waals surface area contributed by atoms with Crippen molar-refractivity contribution < 1.29 is 9.90 Å². The molecule has 0 aromatic carbocycles. The maximum Gasteiger partial charge on any atom is 0.255 e. The van der Waals surface area contributed by atoms with Gasteiger partial charge in [0.1, 0.15) is 0 Å². The van der Waals surface area contributed by atoms with Crippen molar-refractivity contribution in [3.8, 4) is 0 Å². The average molecular weight is 333 g/mol. The van der Waals surface area contributed by atoms with Crippen LogP contribution in [0.2, 0.25) is 0 Å². The molecule has 132 valence electrons. The van der Waals surface area contributed by atoms with Crippen LogP contribution >= 0.6 is 0 Å². The number of piperidine rings is 1. The van der Waals surface area contributed by atoms with E-state index in [4.69, 9.17) is 0 Å². The SMILES string of the molecule is Cn1cc(C(=O)N2C[C@@H](CN3CCCCC3)[C@@H](CO)C2)ccc1=O. The number of likely N-dealkylation sites (tertiary alicyclic amines) is 2. The Labute approximate surface area is 142 Å². The lowest BCUT2D eigenvalue weighted by Crippen LogP contribution is -2.37. The molecule has 2 atom stereocenters. The predicted molar refractivity (Wildman–Crippen MR) is 91.9 cm³/mol. The third kappa shape index (κ3) is 3.70. The zero-order valence-corrected chi connectivity index (χ0v) is 14.4. The molecule has 2 fully saturated rings. The van der Waals surface area contributed by atoms with Gasteiger partial charge in [-0.2, -0.15) is 0 Å². The normalized spacial score (nSPS) is 25.2. The number of rotatable bonds is 4. The molecule has 0 radical (unpaired) electrons. The molecule has 0 bridgehead atoms. The number of carbonyl (C=O) groups excluding carboxylic acids is 1. The van der Waals surface area contributed by atoms with E-state index in [1.807, 2.05) is 4.90 Å². The van der Waals surface area contributed by atoms with Crippen LogP contribution in [0.3, 0.4) is 0 Å². The zero-order chi connectivity index (χ0) is 17.1. The summed E-state index contributed by atoms with van der Waals surface area (Å²) in [4.78, 5) is 28.5. The van der Waals surface area contributed by atoms with Crippen molar-refractivity contribution in [1.82, 2.24) is 14.4 Å². The quantitative estimate of drug-likeness (QED) is 0.874. The standard InChI is InChI=1S/C18H27N3O3/c1-19-9-14(5-6-17(19)23)18(24)21-11-15(16(12-21)13-22)10-20-7-3-2-4-8-20/h5-6,9,15-16,22H,2-4,7-8,10-13H2,1H3/t15-,16-/m1/s1. The van der Waals surface area contributed by atoms with E-state index in [1.54, 1.807) is 19.3 Å². The molecule has 3 heterocycles. The van der Waals surface area contributed by atoms with Crippen LogP contribution in [0.4, 0.5) is 0 Å². The maximum atomic E-state index is 12.7. The highest BCUT2D eigenvalue weighted by Gasteiger charge is 2.36. The predicted octanol–water partition coefficient (Wildman–Crippen LogP) is 0.552. The van der Waals surface area contributed by atoms with E-state index in [2.05, 4.69) is 4.90 Å². The highest BCUT2D eigenvalue weighted by atomic mass is 16.3. The third-order valence-electron chi connectivity index (χ3n) is 5.37. The lowest BCUT2D eigenvalue weighted by atomic mass is 9.95. The van der Waals surface area contributed by atoms with Gasteiger partial charge in [0, 0.05) is 51.5 Å². The van der Waals surface area contributed by atoms with Crippen molar-refractivity contribution in [3.05, 3.63) is 34.2 Å². The van der Waals surface area contributed by atoms with Gasteiger partial charge in [-0.25, -0.2) is 0 Å². The molecule has 24 heavy (non-hydrogen) atoms. The van der Waals surface area contributed by atoms with Crippen molar-refractivity contribution >= 4 is 5.91 Å². The maximum absolute atomic E-state index is 12.7. The first kappa shape index (κ1) is 17.2. The van der Waals surface area contributed by atoms with Crippen molar-refractivity contribution in [2.45, 2.75) is 19.3 Å². The number of aromatic nitrogens is 1. The Hall–Kier alpha value is -1.66. The summed E-state index contributed by atoms with van der Waals surface area (Å²) in [6.45, 7) is 4.62. The second-order valence-electron chi connectivity index (χ2n) is 7.14. The number of amides is 1. The number of hydrogen-bond acceptors (Lipinski definition) is 4. The Morgan fingerprint density at radius 2 is 1.88 bits per heavy atom. The molecule has 0 unspecified atom stereocenters. The fourth-order valence-electron chi connectivity index (χ4n) is 3.89. The smallest absolute Gasteiger partial charge is 0.255 e. The van der Waals surface area contributed by atoms with Gasteiger partial charge in [-0.1, -0.05) is 6.42 Å². The van der Waals surface area contributed by atoms with Crippen LogP contribution in [0.15, 0.2) is 23.1 Å². The number of carbonyl (C=O) groups is 1. The number of aryl methyl sites for hydroxylation is 1. The summed E-state index contributed by atoms with van der Waals surface area (Å²) in [5.41, 5.74) is 0.414. The molecule has 2 aliphatic heterocycles. The molecule has 1 amide bonds. The number of aliphatic hydroxyl groups excluding tert-OH is 1. The Morgan fingerprint density at radius 3 is 2.54 bits per heavy atom. The minimum atomic E-state index is -0.121. The van der Waals surface area contributed by atoms with Crippen LogP contribution in [0.5, 0.6) is 0 Å². The second-order valence-corrected chi connectivity index (χ2v) is 7.14. The van der Waals surface area contributed by atoms with Gasteiger partial charge in [0.05, 0.1) is 5.56 Å². The van der Waals surface area contributed by atoms with Crippen molar-refractivity contribution in [2.75, 3.05) is 39.3 Å². The fourth-order valence-corrected chi connectivity index (χ4v) is 3.89. The van der Waals surface area contributed by atoms with E-state index in [0.29, 0.717) is 24.6 Å². The summed E-state index contributed by atoms with van der Waals surface area (Å²) < 4.78 is 1.43. The van der Waals surface area contributed by atoms with Crippen LogP contribution in [-0.2, 0) is 7.05 Å². The molecule has 2 aliphatic rings. The molecule has 0 spiro atoms. The lowest BCUT2D eigenvalue weighted by molar-refractivity contribution is 0.0777. The Bertz CT molecular complexity index is 637. The zero-order valence-electron chi connectivity index (χ0n) is 14.4.